The first-order valence-corrected chi connectivity index (χ1v) is 6.56. The van der Waals surface area contributed by atoms with E-state index in [0.29, 0.717) is 19.0 Å². The van der Waals surface area contributed by atoms with Gasteiger partial charge in [-0.15, -0.1) is 0 Å². The van der Waals surface area contributed by atoms with Crippen molar-refractivity contribution in [2.24, 2.45) is 0 Å². The van der Waals surface area contributed by atoms with E-state index in [2.05, 4.69) is 16.0 Å². The number of nitrogens with one attached hydrogen (secondary N) is 3. The molecule has 5 nitrogen and oxygen atoms in total. The van der Waals surface area contributed by atoms with Crippen molar-refractivity contribution < 1.29 is 9.59 Å². The maximum Gasteiger partial charge on any atom is 0.242 e. The van der Waals surface area contributed by atoms with E-state index < -0.39 is 0 Å². The lowest BCUT2D eigenvalue weighted by Crippen LogP contribution is -2.46. The van der Waals surface area contributed by atoms with Crippen molar-refractivity contribution in [2.75, 3.05) is 13.1 Å². The van der Waals surface area contributed by atoms with Crippen molar-refractivity contribution in [2.45, 2.75) is 50.6 Å². The highest BCUT2D eigenvalue weighted by Crippen LogP contribution is 2.18. The molecule has 0 spiro atoms. The molecule has 1 unspecified atom stereocenters. The van der Waals surface area contributed by atoms with Crippen molar-refractivity contribution in [3.8, 4) is 0 Å². The number of carbonyl (C=O) groups is 2. The fourth-order valence-electron chi connectivity index (χ4n) is 2.02. The summed E-state index contributed by atoms with van der Waals surface area (Å²) in [5.74, 6) is -0.0637. The number of hydrogen-bond donors (Lipinski definition) is 3. The predicted molar refractivity (Wildman–Crippen MR) is 64.4 cm³/mol. The van der Waals surface area contributed by atoms with Gasteiger partial charge in [0.2, 0.25) is 11.8 Å². The SMILES string of the molecule is O=C(CCNC1CC1)NC1CCCCNC1=O. The van der Waals surface area contributed by atoms with Gasteiger partial charge in [0.05, 0.1) is 0 Å². The summed E-state index contributed by atoms with van der Waals surface area (Å²) >= 11 is 0. The summed E-state index contributed by atoms with van der Waals surface area (Å²) in [6.45, 7) is 1.44. The summed E-state index contributed by atoms with van der Waals surface area (Å²) in [4.78, 5) is 23.2. The highest BCUT2D eigenvalue weighted by molar-refractivity contribution is 5.87. The third kappa shape index (κ3) is 4.34. The second-order valence-electron chi connectivity index (χ2n) is 4.89. The Hall–Kier alpha value is -1.10. The molecule has 1 aliphatic carbocycles. The molecule has 1 heterocycles. The highest BCUT2D eigenvalue weighted by atomic mass is 16.2. The second-order valence-corrected chi connectivity index (χ2v) is 4.89. The smallest absolute Gasteiger partial charge is 0.242 e. The Morgan fingerprint density at radius 2 is 2.12 bits per heavy atom. The van der Waals surface area contributed by atoms with Gasteiger partial charge >= 0.3 is 0 Å². The topological polar surface area (TPSA) is 70.2 Å². The first kappa shape index (κ1) is 12.4. The molecule has 1 saturated carbocycles. The summed E-state index contributed by atoms with van der Waals surface area (Å²) in [6, 6.07) is 0.301. The van der Waals surface area contributed by atoms with Crippen LogP contribution in [0.3, 0.4) is 0 Å². The van der Waals surface area contributed by atoms with Crippen LogP contribution in [0.15, 0.2) is 0 Å². The van der Waals surface area contributed by atoms with Gasteiger partial charge in [-0.1, -0.05) is 0 Å². The number of hydrogen-bond acceptors (Lipinski definition) is 3. The molecule has 17 heavy (non-hydrogen) atoms. The van der Waals surface area contributed by atoms with Crippen LogP contribution in [0.1, 0.15) is 38.5 Å². The van der Waals surface area contributed by atoms with Crippen LogP contribution in [0.2, 0.25) is 0 Å². The van der Waals surface area contributed by atoms with Crippen molar-refractivity contribution in [1.82, 2.24) is 16.0 Å². The van der Waals surface area contributed by atoms with Gasteiger partial charge in [-0.05, 0) is 32.1 Å². The standard InChI is InChI=1S/C12H21N3O2/c16-11(6-8-13-9-4-5-9)15-10-3-1-2-7-14-12(10)17/h9-10,13H,1-8H2,(H,14,17)(H,15,16). The maximum absolute atomic E-state index is 11.6. The van der Waals surface area contributed by atoms with Crippen LogP contribution in [-0.4, -0.2) is 37.0 Å². The Kier molecular flexibility index (Phi) is 4.36. The quantitative estimate of drug-likeness (QED) is 0.628. The Balaban J connectivity index is 1.66. The normalized spacial score (nSPS) is 24.9. The van der Waals surface area contributed by atoms with Gasteiger partial charge in [0.1, 0.15) is 6.04 Å². The number of amides is 2. The average molecular weight is 239 g/mol. The molecule has 0 aromatic heterocycles. The minimum absolute atomic E-state index is 0.0276. The van der Waals surface area contributed by atoms with E-state index in [-0.39, 0.29) is 17.9 Å². The van der Waals surface area contributed by atoms with Crippen molar-refractivity contribution in [1.29, 1.82) is 0 Å². The first-order chi connectivity index (χ1) is 8.25. The minimum atomic E-state index is -0.328. The molecule has 0 bridgehead atoms. The van der Waals surface area contributed by atoms with Crippen LogP contribution in [0.5, 0.6) is 0 Å². The van der Waals surface area contributed by atoms with E-state index >= 15 is 0 Å². The lowest BCUT2D eigenvalue weighted by molar-refractivity contribution is -0.128. The van der Waals surface area contributed by atoms with Crippen molar-refractivity contribution in [3.05, 3.63) is 0 Å². The third-order valence-corrected chi connectivity index (χ3v) is 3.23. The molecule has 1 saturated heterocycles. The molecule has 2 fully saturated rings. The number of rotatable bonds is 5. The van der Waals surface area contributed by atoms with Gasteiger partial charge in [0.15, 0.2) is 0 Å². The maximum atomic E-state index is 11.6. The lowest BCUT2D eigenvalue weighted by atomic mass is 10.1. The molecule has 0 aromatic carbocycles. The monoisotopic (exact) mass is 239 g/mol. The van der Waals surface area contributed by atoms with Crippen LogP contribution in [-0.2, 0) is 9.59 Å². The summed E-state index contributed by atoms with van der Waals surface area (Å²) in [5, 5.41) is 8.91. The Morgan fingerprint density at radius 1 is 1.29 bits per heavy atom. The molecule has 0 radical (unpaired) electrons. The zero-order valence-electron chi connectivity index (χ0n) is 10.1. The Morgan fingerprint density at radius 3 is 2.88 bits per heavy atom. The summed E-state index contributed by atoms with van der Waals surface area (Å²) in [7, 11) is 0. The molecule has 2 amide bonds. The summed E-state index contributed by atoms with van der Waals surface area (Å²) in [5.41, 5.74) is 0. The molecular weight excluding hydrogens is 218 g/mol. The van der Waals surface area contributed by atoms with Crippen LogP contribution >= 0.6 is 0 Å². The molecule has 5 heteroatoms. The van der Waals surface area contributed by atoms with Crippen LogP contribution in [0, 0.1) is 0 Å². The molecule has 96 valence electrons. The average Bonchev–Trinajstić information content (AvgIpc) is 3.10. The molecule has 1 atom stereocenters. The van der Waals surface area contributed by atoms with Crippen molar-refractivity contribution in [3.63, 3.8) is 0 Å². The molecule has 2 aliphatic rings. The molecule has 3 N–H and O–H groups in total. The minimum Gasteiger partial charge on any atom is -0.354 e. The molecule has 0 aromatic rings. The van der Waals surface area contributed by atoms with E-state index in [1.807, 2.05) is 0 Å². The summed E-state index contributed by atoms with van der Waals surface area (Å²) in [6.07, 6.45) is 5.67. The van der Waals surface area contributed by atoms with Crippen LogP contribution < -0.4 is 16.0 Å². The summed E-state index contributed by atoms with van der Waals surface area (Å²) < 4.78 is 0. The van der Waals surface area contributed by atoms with Gasteiger partial charge in [-0.2, -0.15) is 0 Å². The Labute approximate surface area is 102 Å². The zero-order valence-corrected chi connectivity index (χ0v) is 10.1. The fourth-order valence-corrected chi connectivity index (χ4v) is 2.02. The van der Waals surface area contributed by atoms with Gasteiger partial charge < -0.3 is 16.0 Å². The van der Waals surface area contributed by atoms with Crippen LogP contribution in [0.25, 0.3) is 0 Å². The van der Waals surface area contributed by atoms with E-state index in [1.54, 1.807) is 0 Å². The molecular formula is C12H21N3O2. The van der Waals surface area contributed by atoms with Gasteiger partial charge in [-0.3, -0.25) is 9.59 Å². The molecule has 1 aliphatic heterocycles. The van der Waals surface area contributed by atoms with E-state index in [4.69, 9.17) is 0 Å². The second kappa shape index (κ2) is 6.00. The van der Waals surface area contributed by atoms with E-state index in [1.165, 1.54) is 12.8 Å². The zero-order chi connectivity index (χ0) is 12.1. The highest BCUT2D eigenvalue weighted by Gasteiger charge is 2.23. The largest absolute Gasteiger partial charge is 0.354 e. The third-order valence-electron chi connectivity index (χ3n) is 3.23. The lowest BCUT2D eigenvalue weighted by Gasteiger charge is -2.15. The first-order valence-electron chi connectivity index (χ1n) is 6.56. The predicted octanol–water partition coefficient (Wildman–Crippen LogP) is -0.0866. The van der Waals surface area contributed by atoms with Gasteiger partial charge in [0, 0.05) is 25.6 Å². The van der Waals surface area contributed by atoms with E-state index in [9.17, 15) is 9.59 Å². The van der Waals surface area contributed by atoms with E-state index in [0.717, 1.165) is 25.8 Å². The van der Waals surface area contributed by atoms with Crippen molar-refractivity contribution >= 4 is 11.8 Å². The Bertz CT molecular complexity index is 289. The van der Waals surface area contributed by atoms with Crippen LogP contribution in [0.4, 0.5) is 0 Å². The number of carbonyl (C=O) groups excluding carboxylic acids is 2. The van der Waals surface area contributed by atoms with Gasteiger partial charge in [-0.25, -0.2) is 0 Å². The fraction of sp³-hybridized carbons (Fsp3) is 0.833. The van der Waals surface area contributed by atoms with Gasteiger partial charge in [0.25, 0.3) is 0 Å². The molecule has 2 rings (SSSR count).